The van der Waals surface area contributed by atoms with Crippen LogP contribution in [0.3, 0.4) is 0 Å². The van der Waals surface area contributed by atoms with E-state index in [-0.39, 0.29) is 12.5 Å². The van der Waals surface area contributed by atoms with Crippen LogP contribution in [0.15, 0.2) is 66.7 Å². The highest BCUT2D eigenvalue weighted by molar-refractivity contribution is 5.96. The van der Waals surface area contributed by atoms with E-state index in [1.807, 2.05) is 60.7 Å². The summed E-state index contributed by atoms with van der Waals surface area (Å²) in [5.74, 6) is 2.17. The normalized spacial score (nSPS) is 12.8. The van der Waals surface area contributed by atoms with Crippen LogP contribution in [0, 0.1) is 0 Å². The summed E-state index contributed by atoms with van der Waals surface area (Å²) >= 11 is 0. The van der Waals surface area contributed by atoms with Crippen LogP contribution in [0.2, 0.25) is 0 Å². The molecule has 0 saturated heterocycles. The maximum absolute atomic E-state index is 12.6. The smallest absolute Gasteiger partial charge is 0.264 e. The van der Waals surface area contributed by atoms with Gasteiger partial charge in [0.15, 0.2) is 6.61 Å². The Kier molecular flexibility index (Phi) is 4.59. The van der Waals surface area contributed by atoms with Crippen LogP contribution in [0.1, 0.15) is 5.56 Å². The van der Waals surface area contributed by atoms with Crippen molar-refractivity contribution in [3.05, 3.63) is 72.3 Å². The van der Waals surface area contributed by atoms with Crippen molar-refractivity contribution in [3.63, 3.8) is 0 Å². The van der Waals surface area contributed by atoms with Gasteiger partial charge in [0.1, 0.15) is 17.3 Å². The number of rotatable bonds is 5. The number of amides is 1. The van der Waals surface area contributed by atoms with Crippen molar-refractivity contribution in [2.45, 2.75) is 6.42 Å². The van der Waals surface area contributed by atoms with Crippen LogP contribution in [-0.2, 0) is 11.2 Å². The molecule has 2 heterocycles. The minimum atomic E-state index is -0.0322. The van der Waals surface area contributed by atoms with E-state index in [4.69, 9.17) is 9.47 Å². The fourth-order valence-electron chi connectivity index (χ4n) is 3.78. The van der Waals surface area contributed by atoms with Crippen molar-refractivity contribution in [2.75, 3.05) is 25.2 Å². The van der Waals surface area contributed by atoms with E-state index >= 15 is 0 Å². The predicted octanol–water partition coefficient (Wildman–Crippen LogP) is 4.21. The van der Waals surface area contributed by atoms with Crippen LogP contribution in [0.4, 0.5) is 5.69 Å². The lowest BCUT2D eigenvalue weighted by Crippen LogP contribution is -2.33. The van der Waals surface area contributed by atoms with Crippen molar-refractivity contribution < 1.29 is 14.3 Å². The molecule has 0 spiro atoms. The Morgan fingerprint density at radius 3 is 2.70 bits per heavy atom. The summed E-state index contributed by atoms with van der Waals surface area (Å²) in [5, 5.41) is 0. The van der Waals surface area contributed by atoms with Crippen molar-refractivity contribution in [3.8, 4) is 22.9 Å². The van der Waals surface area contributed by atoms with Gasteiger partial charge in [-0.25, -0.2) is 4.98 Å². The number of carbonyl (C=O) groups excluding carboxylic acids is 1. The molecular formula is C24H21N3O3. The molecule has 0 fully saturated rings. The highest BCUT2D eigenvalue weighted by Gasteiger charge is 2.24. The van der Waals surface area contributed by atoms with Gasteiger partial charge in [0.25, 0.3) is 5.91 Å². The van der Waals surface area contributed by atoms with Crippen LogP contribution >= 0.6 is 0 Å². The first-order valence-corrected chi connectivity index (χ1v) is 9.86. The zero-order valence-electron chi connectivity index (χ0n) is 16.6. The third-order valence-corrected chi connectivity index (χ3v) is 5.37. The van der Waals surface area contributed by atoms with E-state index in [1.54, 1.807) is 12.0 Å². The van der Waals surface area contributed by atoms with Crippen molar-refractivity contribution >= 4 is 22.6 Å². The van der Waals surface area contributed by atoms with Gasteiger partial charge in [0.2, 0.25) is 0 Å². The standard InChI is InChI=1S/C24H21N3O3/c1-29-19-10-11-20-21(14-19)26-24(25-20)17-6-8-18(9-7-17)30-15-23(28)27-13-12-16-4-2-3-5-22(16)27/h2-11,14H,12-13,15H2,1H3,(H,25,26). The quantitative estimate of drug-likeness (QED) is 0.546. The second-order valence-corrected chi connectivity index (χ2v) is 7.21. The summed E-state index contributed by atoms with van der Waals surface area (Å²) in [4.78, 5) is 22.3. The number of fused-ring (bicyclic) bond motifs is 2. The average molecular weight is 399 g/mol. The number of aromatic amines is 1. The Balaban J connectivity index is 1.26. The average Bonchev–Trinajstić information content (AvgIpc) is 3.41. The molecule has 0 unspecified atom stereocenters. The highest BCUT2D eigenvalue weighted by Crippen LogP contribution is 2.28. The number of hydrogen-bond acceptors (Lipinski definition) is 4. The molecule has 1 aromatic heterocycles. The zero-order valence-corrected chi connectivity index (χ0v) is 16.6. The topological polar surface area (TPSA) is 67.5 Å². The molecule has 1 N–H and O–H groups in total. The maximum atomic E-state index is 12.6. The summed E-state index contributed by atoms with van der Waals surface area (Å²) in [7, 11) is 1.64. The first-order valence-electron chi connectivity index (χ1n) is 9.86. The minimum Gasteiger partial charge on any atom is -0.497 e. The van der Waals surface area contributed by atoms with E-state index in [0.29, 0.717) is 12.3 Å². The molecule has 30 heavy (non-hydrogen) atoms. The number of ether oxygens (including phenoxy) is 2. The van der Waals surface area contributed by atoms with Crippen molar-refractivity contribution in [2.24, 2.45) is 0 Å². The number of nitrogens with one attached hydrogen (secondary N) is 1. The van der Waals surface area contributed by atoms with E-state index < -0.39 is 0 Å². The molecule has 1 amide bonds. The lowest BCUT2D eigenvalue weighted by Gasteiger charge is -2.17. The summed E-state index contributed by atoms with van der Waals surface area (Å²) in [5.41, 5.74) is 4.93. The van der Waals surface area contributed by atoms with Crippen LogP contribution in [0.5, 0.6) is 11.5 Å². The molecular weight excluding hydrogens is 378 g/mol. The molecule has 3 aromatic carbocycles. The van der Waals surface area contributed by atoms with Gasteiger partial charge >= 0.3 is 0 Å². The number of hydrogen-bond donors (Lipinski definition) is 1. The molecule has 0 aliphatic carbocycles. The molecule has 1 aliphatic rings. The van der Waals surface area contributed by atoms with E-state index in [1.165, 1.54) is 5.56 Å². The van der Waals surface area contributed by atoms with Gasteiger partial charge < -0.3 is 19.4 Å². The zero-order chi connectivity index (χ0) is 20.5. The number of H-pyrrole nitrogens is 1. The van der Waals surface area contributed by atoms with E-state index in [2.05, 4.69) is 16.0 Å². The number of methoxy groups -OCH3 is 1. The second-order valence-electron chi connectivity index (χ2n) is 7.21. The highest BCUT2D eigenvalue weighted by atomic mass is 16.5. The molecule has 0 saturated carbocycles. The van der Waals surface area contributed by atoms with Gasteiger partial charge in [-0.15, -0.1) is 0 Å². The third-order valence-electron chi connectivity index (χ3n) is 5.37. The molecule has 6 nitrogen and oxygen atoms in total. The fourth-order valence-corrected chi connectivity index (χ4v) is 3.78. The number of benzene rings is 3. The van der Waals surface area contributed by atoms with Gasteiger partial charge in [-0.1, -0.05) is 18.2 Å². The summed E-state index contributed by atoms with van der Waals surface area (Å²) in [6, 6.07) is 21.3. The molecule has 5 rings (SSSR count). The molecule has 4 aromatic rings. The third kappa shape index (κ3) is 3.37. The lowest BCUT2D eigenvalue weighted by molar-refractivity contribution is -0.120. The van der Waals surface area contributed by atoms with Gasteiger partial charge in [0, 0.05) is 23.9 Å². The van der Waals surface area contributed by atoms with Gasteiger partial charge in [-0.3, -0.25) is 4.79 Å². The number of imidazole rings is 1. The Labute approximate surface area is 174 Å². The summed E-state index contributed by atoms with van der Waals surface area (Å²) in [6.45, 7) is 0.718. The monoisotopic (exact) mass is 399 g/mol. The predicted molar refractivity (Wildman–Crippen MR) is 116 cm³/mol. The Morgan fingerprint density at radius 2 is 1.87 bits per heavy atom. The van der Waals surface area contributed by atoms with Gasteiger partial charge in [-0.05, 0) is 54.4 Å². The van der Waals surface area contributed by atoms with E-state index in [9.17, 15) is 4.79 Å². The Hall–Kier alpha value is -3.80. The SMILES string of the molecule is COc1ccc2nc(-c3ccc(OCC(=O)N4CCc5ccccc54)cc3)[nH]c2c1. The number of aromatic nitrogens is 2. The second kappa shape index (κ2) is 7.55. The van der Waals surface area contributed by atoms with Gasteiger partial charge in [0.05, 0.1) is 18.1 Å². The summed E-state index contributed by atoms with van der Waals surface area (Å²) < 4.78 is 11.0. The van der Waals surface area contributed by atoms with Crippen molar-refractivity contribution in [1.82, 2.24) is 9.97 Å². The first-order chi connectivity index (χ1) is 14.7. The number of anilines is 1. The molecule has 150 valence electrons. The number of carbonyl (C=O) groups is 1. The van der Waals surface area contributed by atoms with E-state index in [0.717, 1.165) is 40.3 Å². The molecule has 0 bridgehead atoms. The Bertz CT molecular complexity index is 1210. The first kappa shape index (κ1) is 18.2. The number of nitrogens with zero attached hydrogens (tertiary/aromatic N) is 2. The van der Waals surface area contributed by atoms with Crippen LogP contribution in [0.25, 0.3) is 22.4 Å². The molecule has 0 atom stereocenters. The largest absolute Gasteiger partial charge is 0.497 e. The van der Waals surface area contributed by atoms with Crippen molar-refractivity contribution in [1.29, 1.82) is 0 Å². The minimum absolute atomic E-state index is 0.0120. The molecule has 1 aliphatic heterocycles. The van der Waals surface area contributed by atoms with Gasteiger partial charge in [-0.2, -0.15) is 0 Å². The maximum Gasteiger partial charge on any atom is 0.264 e. The molecule has 6 heteroatoms. The Morgan fingerprint density at radius 1 is 1.07 bits per heavy atom. The molecule has 0 radical (unpaired) electrons. The summed E-state index contributed by atoms with van der Waals surface area (Å²) in [6.07, 6.45) is 0.889. The number of para-hydroxylation sites is 1. The fraction of sp³-hybridized carbons (Fsp3) is 0.167. The van der Waals surface area contributed by atoms with Crippen LogP contribution < -0.4 is 14.4 Å². The lowest BCUT2D eigenvalue weighted by atomic mass is 10.2. The van der Waals surface area contributed by atoms with Crippen LogP contribution in [-0.4, -0.2) is 36.1 Å².